The molecule has 0 unspecified atom stereocenters. The highest BCUT2D eigenvalue weighted by atomic mass is 32.2. The lowest BCUT2D eigenvalue weighted by atomic mass is 10.0. The molecule has 0 heterocycles. The molecule has 2 aromatic rings. The normalized spacial score (nSPS) is 12.1. The lowest BCUT2D eigenvalue weighted by Gasteiger charge is -2.05. The van der Waals surface area contributed by atoms with Crippen molar-refractivity contribution in [1.29, 1.82) is 0 Å². The van der Waals surface area contributed by atoms with Gasteiger partial charge in [0, 0.05) is 16.6 Å². The van der Waals surface area contributed by atoms with E-state index in [0.29, 0.717) is 5.75 Å². The Kier molecular flexibility index (Phi) is 4.69. The summed E-state index contributed by atoms with van der Waals surface area (Å²) >= 11 is 0. The molecule has 0 aliphatic carbocycles. The molecular weight excluding hydrogens is 270 g/mol. The average molecular weight is 287 g/mol. The lowest BCUT2D eigenvalue weighted by Crippen LogP contribution is -2.20. The highest BCUT2D eigenvalue weighted by Crippen LogP contribution is 2.21. The molecule has 0 saturated carbocycles. The number of rotatable bonds is 5. The first-order chi connectivity index (χ1) is 9.54. The molecule has 4 heteroatoms. The molecule has 0 saturated heterocycles. The standard InChI is InChI=1S/C16H17NO2S/c1-12-3-2-4-15(9-12)14-7-5-13(6-8-14)10-20(19)11-16(17)18/h2-9H,10-11H2,1H3,(H2,17,18)/t20-/m0/s1. The SMILES string of the molecule is Cc1cccc(-c2ccc(C[S@](=O)CC(N)=O)cc2)c1. The molecule has 2 aromatic carbocycles. The third-order valence-electron chi connectivity index (χ3n) is 2.94. The Morgan fingerprint density at radius 2 is 1.80 bits per heavy atom. The van der Waals surface area contributed by atoms with Crippen molar-refractivity contribution in [2.24, 2.45) is 5.73 Å². The Morgan fingerprint density at radius 1 is 1.10 bits per heavy atom. The van der Waals surface area contributed by atoms with E-state index in [1.807, 2.05) is 30.3 Å². The van der Waals surface area contributed by atoms with Gasteiger partial charge in [0.15, 0.2) is 0 Å². The van der Waals surface area contributed by atoms with Crippen LogP contribution in [0.2, 0.25) is 0 Å². The number of nitrogens with two attached hydrogens (primary N) is 1. The van der Waals surface area contributed by atoms with E-state index in [4.69, 9.17) is 5.73 Å². The van der Waals surface area contributed by atoms with Gasteiger partial charge in [-0.15, -0.1) is 0 Å². The number of carbonyl (C=O) groups is 1. The number of primary amides is 1. The van der Waals surface area contributed by atoms with Gasteiger partial charge in [-0.3, -0.25) is 9.00 Å². The molecule has 0 spiro atoms. The van der Waals surface area contributed by atoms with E-state index in [2.05, 4.69) is 25.1 Å². The van der Waals surface area contributed by atoms with E-state index in [0.717, 1.165) is 16.7 Å². The van der Waals surface area contributed by atoms with Gasteiger partial charge in [-0.25, -0.2) is 0 Å². The molecule has 0 bridgehead atoms. The fourth-order valence-corrected chi connectivity index (χ4v) is 3.00. The van der Waals surface area contributed by atoms with Crippen LogP contribution in [-0.4, -0.2) is 15.9 Å². The Hall–Kier alpha value is -1.94. The Labute approximate surface area is 121 Å². The van der Waals surface area contributed by atoms with Crippen LogP contribution in [0.4, 0.5) is 0 Å². The van der Waals surface area contributed by atoms with Crippen LogP contribution in [0.15, 0.2) is 48.5 Å². The van der Waals surface area contributed by atoms with Crippen LogP contribution in [0.3, 0.4) is 0 Å². The zero-order valence-electron chi connectivity index (χ0n) is 11.3. The lowest BCUT2D eigenvalue weighted by molar-refractivity contribution is -0.115. The van der Waals surface area contributed by atoms with E-state index < -0.39 is 16.7 Å². The highest BCUT2D eigenvalue weighted by Gasteiger charge is 2.06. The van der Waals surface area contributed by atoms with Crippen LogP contribution in [0, 0.1) is 6.92 Å². The van der Waals surface area contributed by atoms with Crippen molar-refractivity contribution >= 4 is 16.7 Å². The van der Waals surface area contributed by atoms with Crippen LogP contribution in [0.1, 0.15) is 11.1 Å². The van der Waals surface area contributed by atoms with Gasteiger partial charge in [0.05, 0.1) is 0 Å². The Balaban J connectivity index is 2.10. The fraction of sp³-hybridized carbons (Fsp3) is 0.188. The van der Waals surface area contributed by atoms with Gasteiger partial charge in [0.25, 0.3) is 0 Å². The molecule has 0 fully saturated rings. The second-order valence-corrected chi connectivity index (χ2v) is 6.22. The second-order valence-electron chi connectivity index (χ2n) is 4.76. The van der Waals surface area contributed by atoms with Gasteiger partial charge < -0.3 is 5.73 Å². The summed E-state index contributed by atoms with van der Waals surface area (Å²) in [6, 6.07) is 16.2. The smallest absolute Gasteiger partial charge is 0.230 e. The molecular formula is C16H17NO2S. The zero-order valence-corrected chi connectivity index (χ0v) is 12.2. The van der Waals surface area contributed by atoms with Gasteiger partial charge in [-0.05, 0) is 23.6 Å². The summed E-state index contributed by atoms with van der Waals surface area (Å²) in [6.45, 7) is 2.06. The van der Waals surface area contributed by atoms with Gasteiger partial charge >= 0.3 is 0 Å². The Bertz CT molecular complexity index is 635. The third-order valence-corrected chi connectivity index (χ3v) is 4.20. The number of aryl methyl sites for hydroxylation is 1. The monoisotopic (exact) mass is 287 g/mol. The summed E-state index contributed by atoms with van der Waals surface area (Å²) < 4.78 is 11.6. The van der Waals surface area contributed by atoms with Crippen molar-refractivity contribution in [1.82, 2.24) is 0 Å². The topological polar surface area (TPSA) is 60.2 Å². The van der Waals surface area contributed by atoms with Crippen molar-refractivity contribution in [3.8, 4) is 11.1 Å². The summed E-state index contributed by atoms with van der Waals surface area (Å²) in [5.41, 5.74) is 9.48. The van der Waals surface area contributed by atoms with Crippen LogP contribution in [0.25, 0.3) is 11.1 Å². The summed E-state index contributed by atoms with van der Waals surface area (Å²) in [5, 5.41) is 0. The van der Waals surface area contributed by atoms with E-state index in [1.165, 1.54) is 5.56 Å². The van der Waals surface area contributed by atoms with Crippen LogP contribution < -0.4 is 5.73 Å². The predicted octanol–water partition coefficient (Wildman–Crippen LogP) is 2.40. The molecule has 0 radical (unpaired) electrons. The Morgan fingerprint density at radius 3 is 2.40 bits per heavy atom. The van der Waals surface area contributed by atoms with Crippen LogP contribution in [0.5, 0.6) is 0 Å². The minimum absolute atomic E-state index is 0.0837. The van der Waals surface area contributed by atoms with Gasteiger partial charge in [-0.1, -0.05) is 54.1 Å². The largest absolute Gasteiger partial charge is 0.369 e. The maximum atomic E-state index is 11.6. The van der Waals surface area contributed by atoms with Crippen molar-refractivity contribution in [2.75, 3.05) is 5.75 Å². The predicted molar refractivity (Wildman–Crippen MR) is 82.5 cm³/mol. The summed E-state index contributed by atoms with van der Waals surface area (Å²) in [5.74, 6) is -0.254. The summed E-state index contributed by atoms with van der Waals surface area (Å²) in [4.78, 5) is 10.7. The van der Waals surface area contributed by atoms with Crippen LogP contribution in [-0.2, 0) is 21.3 Å². The number of hydrogen-bond donors (Lipinski definition) is 1. The molecule has 1 atom stereocenters. The van der Waals surface area contributed by atoms with Gasteiger partial charge in [-0.2, -0.15) is 0 Å². The van der Waals surface area contributed by atoms with Crippen LogP contribution >= 0.6 is 0 Å². The van der Waals surface area contributed by atoms with Crippen molar-refractivity contribution in [2.45, 2.75) is 12.7 Å². The van der Waals surface area contributed by atoms with Crippen molar-refractivity contribution in [3.63, 3.8) is 0 Å². The molecule has 1 amide bonds. The molecule has 0 aromatic heterocycles. The third kappa shape index (κ3) is 4.03. The van der Waals surface area contributed by atoms with Crippen molar-refractivity contribution in [3.05, 3.63) is 59.7 Å². The number of amides is 1. The summed E-state index contributed by atoms with van der Waals surface area (Å²) in [7, 11) is -1.23. The van der Waals surface area contributed by atoms with Gasteiger partial charge in [0.1, 0.15) is 5.75 Å². The average Bonchev–Trinajstić information content (AvgIpc) is 2.38. The first-order valence-corrected chi connectivity index (χ1v) is 7.82. The fourth-order valence-electron chi connectivity index (χ4n) is 2.01. The molecule has 0 aliphatic heterocycles. The second kappa shape index (κ2) is 6.48. The molecule has 2 N–H and O–H groups in total. The minimum Gasteiger partial charge on any atom is -0.369 e. The number of benzene rings is 2. The maximum Gasteiger partial charge on any atom is 0.230 e. The molecule has 0 aliphatic rings. The van der Waals surface area contributed by atoms with Crippen molar-refractivity contribution < 1.29 is 9.00 Å². The number of hydrogen-bond acceptors (Lipinski definition) is 2. The molecule has 3 nitrogen and oxygen atoms in total. The van der Waals surface area contributed by atoms with E-state index in [1.54, 1.807) is 0 Å². The molecule has 104 valence electrons. The van der Waals surface area contributed by atoms with E-state index >= 15 is 0 Å². The summed E-state index contributed by atoms with van der Waals surface area (Å²) in [6.07, 6.45) is 0. The van der Waals surface area contributed by atoms with E-state index in [-0.39, 0.29) is 5.75 Å². The minimum atomic E-state index is -1.23. The highest BCUT2D eigenvalue weighted by molar-refractivity contribution is 7.84. The zero-order chi connectivity index (χ0) is 14.5. The molecule has 20 heavy (non-hydrogen) atoms. The molecule has 2 rings (SSSR count). The van der Waals surface area contributed by atoms with Gasteiger partial charge in [0.2, 0.25) is 5.91 Å². The number of carbonyl (C=O) groups excluding carboxylic acids is 1. The maximum absolute atomic E-state index is 11.6. The first-order valence-electron chi connectivity index (χ1n) is 6.34. The van der Waals surface area contributed by atoms with E-state index in [9.17, 15) is 9.00 Å². The first kappa shape index (κ1) is 14.5. The quantitative estimate of drug-likeness (QED) is 0.918.